The molecule has 0 atom stereocenters. The van der Waals surface area contributed by atoms with Gasteiger partial charge >= 0.3 is 5.97 Å². The lowest BCUT2D eigenvalue weighted by Gasteiger charge is -2.19. The van der Waals surface area contributed by atoms with Gasteiger partial charge in [-0.1, -0.05) is 15.9 Å². The maximum atomic E-state index is 11.8. The van der Waals surface area contributed by atoms with Gasteiger partial charge in [0.15, 0.2) is 0 Å². The van der Waals surface area contributed by atoms with Crippen molar-refractivity contribution in [3.63, 3.8) is 0 Å². The van der Waals surface area contributed by atoms with Crippen molar-refractivity contribution >= 4 is 32.8 Å². The first-order valence-corrected chi connectivity index (χ1v) is 6.49. The predicted octanol–water partition coefficient (Wildman–Crippen LogP) is 3.21. The number of nitrogens with one attached hydrogen (secondary N) is 1. The number of H-pyrrole nitrogens is 1. The number of ether oxygens (including phenoxy) is 1. The summed E-state index contributed by atoms with van der Waals surface area (Å²) in [6.07, 6.45) is 0.204. The number of hydrogen-bond donors (Lipinski definition) is 1. The van der Waals surface area contributed by atoms with E-state index in [1.54, 1.807) is 0 Å². The predicted molar refractivity (Wildman–Crippen MR) is 73.3 cm³/mol. The van der Waals surface area contributed by atoms with Crippen LogP contribution in [0.3, 0.4) is 0 Å². The number of esters is 1. The standard InChI is InChI=1S/C13H15BrN2O2/c1-13(2,3)18-12(17)7-11-9-5-4-8(14)6-10(9)15-16-11/h4-6H,7H2,1-3H3,(H,15,16). The smallest absolute Gasteiger partial charge is 0.312 e. The van der Waals surface area contributed by atoms with Gasteiger partial charge in [-0.15, -0.1) is 0 Å². The van der Waals surface area contributed by atoms with Gasteiger partial charge in [-0.05, 0) is 39.0 Å². The minimum atomic E-state index is -0.462. The van der Waals surface area contributed by atoms with Crippen molar-refractivity contribution in [1.29, 1.82) is 0 Å². The summed E-state index contributed by atoms with van der Waals surface area (Å²) in [6.45, 7) is 5.56. The van der Waals surface area contributed by atoms with Gasteiger partial charge in [-0.3, -0.25) is 9.89 Å². The van der Waals surface area contributed by atoms with Crippen molar-refractivity contribution in [2.24, 2.45) is 0 Å². The number of rotatable bonds is 2. The number of nitrogens with zero attached hydrogens (tertiary/aromatic N) is 1. The Morgan fingerprint density at radius 1 is 1.44 bits per heavy atom. The van der Waals surface area contributed by atoms with Gasteiger partial charge in [0.05, 0.1) is 17.6 Å². The van der Waals surface area contributed by atoms with Gasteiger partial charge in [-0.2, -0.15) is 5.10 Å². The molecule has 1 aromatic carbocycles. The monoisotopic (exact) mass is 310 g/mol. The Hall–Kier alpha value is -1.36. The maximum absolute atomic E-state index is 11.8. The highest BCUT2D eigenvalue weighted by atomic mass is 79.9. The molecule has 1 N–H and O–H groups in total. The normalized spacial score (nSPS) is 11.8. The van der Waals surface area contributed by atoms with Crippen LogP contribution in [0, 0.1) is 0 Å². The van der Waals surface area contributed by atoms with Crippen LogP contribution in [0.25, 0.3) is 10.9 Å². The fourth-order valence-corrected chi connectivity index (χ4v) is 2.05. The average molecular weight is 311 g/mol. The van der Waals surface area contributed by atoms with Crippen LogP contribution < -0.4 is 0 Å². The van der Waals surface area contributed by atoms with E-state index in [-0.39, 0.29) is 12.4 Å². The molecule has 4 nitrogen and oxygen atoms in total. The van der Waals surface area contributed by atoms with Crippen LogP contribution in [0.5, 0.6) is 0 Å². The highest BCUT2D eigenvalue weighted by molar-refractivity contribution is 9.10. The van der Waals surface area contributed by atoms with E-state index in [2.05, 4.69) is 26.1 Å². The zero-order valence-corrected chi connectivity index (χ0v) is 12.2. The first-order chi connectivity index (χ1) is 8.35. The summed E-state index contributed by atoms with van der Waals surface area (Å²) in [6, 6.07) is 5.77. The molecule has 18 heavy (non-hydrogen) atoms. The van der Waals surface area contributed by atoms with Crippen molar-refractivity contribution in [2.75, 3.05) is 0 Å². The summed E-state index contributed by atoms with van der Waals surface area (Å²) >= 11 is 3.39. The molecule has 0 fully saturated rings. The van der Waals surface area contributed by atoms with Gasteiger partial charge in [-0.25, -0.2) is 0 Å². The first kappa shape index (κ1) is 13.1. The van der Waals surface area contributed by atoms with Crippen molar-refractivity contribution in [1.82, 2.24) is 10.2 Å². The number of carbonyl (C=O) groups excluding carboxylic acids is 1. The molecule has 2 rings (SSSR count). The molecule has 5 heteroatoms. The second kappa shape index (κ2) is 4.72. The average Bonchev–Trinajstić information content (AvgIpc) is 2.57. The molecule has 0 aliphatic carbocycles. The lowest BCUT2D eigenvalue weighted by Crippen LogP contribution is -2.25. The summed E-state index contributed by atoms with van der Waals surface area (Å²) in [4.78, 5) is 11.8. The molecule has 96 valence electrons. The van der Waals surface area contributed by atoms with Crippen LogP contribution >= 0.6 is 15.9 Å². The number of aromatic nitrogens is 2. The number of benzene rings is 1. The van der Waals surface area contributed by atoms with E-state index < -0.39 is 5.60 Å². The summed E-state index contributed by atoms with van der Waals surface area (Å²) in [7, 11) is 0. The zero-order valence-electron chi connectivity index (χ0n) is 10.6. The minimum Gasteiger partial charge on any atom is -0.460 e. The van der Waals surface area contributed by atoms with Crippen molar-refractivity contribution in [3.8, 4) is 0 Å². The van der Waals surface area contributed by atoms with E-state index in [9.17, 15) is 4.79 Å². The topological polar surface area (TPSA) is 55.0 Å². The number of aromatic amines is 1. The maximum Gasteiger partial charge on any atom is 0.312 e. The second-order valence-corrected chi connectivity index (χ2v) is 6.04. The summed E-state index contributed by atoms with van der Waals surface area (Å²) in [5.41, 5.74) is 1.16. The molecule has 0 unspecified atom stereocenters. The van der Waals surface area contributed by atoms with Gasteiger partial charge in [0, 0.05) is 9.86 Å². The van der Waals surface area contributed by atoms with Gasteiger partial charge < -0.3 is 4.74 Å². The Labute approximate surface area is 114 Å². The van der Waals surface area contributed by atoms with Crippen molar-refractivity contribution in [2.45, 2.75) is 32.8 Å². The zero-order chi connectivity index (χ0) is 13.3. The molecule has 0 aliphatic rings. The summed E-state index contributed by atoms with van der Waals surface area (Å²) in [5.74, 6) is -0.254. The van der Waals surface area contributed by atoms with Crippen LogP contribution in [0.15, 0.2) is 22.7 Å². The van der Waals surface area contributed by atoms with E-state index in [0.29, 0.717) is 0 Å². The van der Waals surface area contributed by atoms with Crippen molar-refractivity contribution < 1.29 is 9.53 Å². The molecule has 0 saturated carbocycles. The number of carbonyl (C=O) groups is 1. The molecule has 0 amide bonds. The summed E-state index contributed by atoms with van der Waals surface area (Å²) in [5, 5.41) is 8.00. The lowest BCUT2D eigenvalue weighted by molar-refractivity contribution is -0.153. The molecule has 0 bridgehead atoms. The van der Waals surface area contributed by atoms with Crippen molar-refractivity contribution in [3.05, 3.63) is 28.4 Å². The molecule has 1 aromatic heterocycles. The Morgan fingerprint density at radius 2 is 2.17 bits per heavy atom. The molecule has 0 radical (unpaired) electrons. The number of halogens is 1. The Kier molecular flexibility index (Phi) is 3.43. The number of hydrogen-bond acceptors (Lipinski definition) is 3. The van der Waals surface area contributed by atoms with Crippen LogP contribution in [0.2, 0.25) is 0 Å². The van der Waals surface area contributed by atoms with E-state index in [1.807, 2.05) is 39.0 Å². The van der Waals surface area contributed by atoms with E-state index in [1.165, 1.54) is 0 Å². The molecule has 1 heterocycles. The van der Waals surface area contributed by atoms with Crippen LogP contribution in [0.4, 0.5) is 0 Å². The molecule has 0 saturated heterocycles. The Balaban J connectivity index is 2.20. The Morgan fingerprint density at radius 3 is 2.83 bits per heavy atom. The minimum absolute atomic E-state index is 0.204. The van der Waals surface area contributed by atoms with E-state index in [0.717, 1.165) is 21.1 Å². The van der Waals surface area contributed by atoms with Crippen LogP contribution in [-0.4, -0.2) is 21.8 Å². The fourth-order valence-electron chi connectivity index (χ4n) is 1.70. The highest BCUT2D eigenvalue weighted by Crippen LogP contribution is 2.21. The first-order valence-electron chi connectivity index (χ1n) is 5.69. The fraction of sp³-hybridized carbons (Fsp3) is 0.385. The third-order valence-corrected chi connectivity index (χ3v) is 2.83. The lowest BCUT2D eigenvalue weighted by atomic mass is 10.1. The second-order valence-electron chi connectivity index (χ2n) is 5.13. The quantitative estimate of drug-likeness (QED) is 0.867. The van der Waals surface area contributed by atoms with E-state index >= 15 is 0 Å². The third-order valence-electron chi connectivity index (χ3n) is 2.34. The van der Waals surface area contributed by atoms with Crippen LogP contribution in [-0.2, 0) is 16.0 Å². The molecule has 0 spiro atoms. The Bertz CT molecular complexity index is 584. The third kappa shape index (κ3) is 3.10. The largest absolute Gasteiger partial charge is 0.460 e. The SMILES string of the molecule is CC(C)(C)OC(=O)Cc1[nH]nc2cc(Br)ccc12. The molecule has 2 aromatic rings. The van der Waals surface area contributed by atoms with Gasteiger partial charge in [0.25, 0.3) is 0 Å². The van der Waals surface area contributed by atoms with E-state index in [4.69, 9.17) is 4.74 Å². The summed E-state index contributed by atoms with van der Waals surface area (Å²) < 4.78 is 6.25. The van der Waals surface area contributed by atoms with Gasteiger partial charge in [0.1, 0.15) is 5.60 Å². The molecule has 0 aliphatic heterocycles. The highest BCUT2D eigenvalue weighted by Gasteiger charge is 2.18. The number of fused-ring (bicyclic) bond motifs is 1. The van der Waals surface area contributed by atoms with Gasteiger partial charge in [0.2, 0.25) is 0 Å². The molecular formula is C13H15BrN2O2. The molecular weight excluding hydrogens is 296 g/mol. The van der Waals surface area contributed by atoms with Crippen LogP contribution in [0.1, 0.15) is 26.5 Å².